The predicted molar refractivity (Wildman–Crippen MR) is 93.7 cm³/mol. The largest absolute Gasteiger partial charge is 0.377 e. The second-order valence-electron chi connectivity index (χ2n) is 4.01. The molecule has 2 aromatic rings. The minimum atomic E-state index is -0.274. The van der Waals surface area contributed by atoms with Crippen molar-refractivity contribution in [1.82, 2.24) is 0 Å². The summed E-state index contributed by atoms with van der Waals surface area (Å²) in [6, 6.07) is 16.0. The molecule has 3 nitrogen and oxygen atoms in total. The molecule has 0 unspecified atom stereocenters. The van der Waals surface area contributed by atoms with Crippen LogP contribution in [0, 0.1) is 5.82 Å². The van der Waals surface area contributed by atoms with Crippen molar-refractivity contribution >= 4 is 40.1 Å². The van der Waals surface area contributed by atoms with Crippen LogP contribution in [0.5, 0.6) is 0 Å². The van der Waals surface area contributed by atoms with Crippen molar-refractivity contribution in [2.45, 2.75) is 5.75 Å². The maximum absolute atomic E-state index is 12.7. The van der Waals surface area contributed by atoms with Gasteiger partial charge < -0.3 is 5.73 Å². The summed E-state index contributed by atoms with van der Waals surface area (Å²) in [6.07, 6.45) is 1.54. The average Bonchev–Trinajstić information content (AvgIpc) is 2.48. The van der Waals surface area contributed by atoms with Crippen LogP contribution in [0.1, 0.15) is 11.1 Å². The summed E-state index contributed by atoms with van der Waals surface area (Å²) < 4.78 is 12.7. The van der Waals surface area contributed by atoms with E-state index in [1.165, 1.54) is 35.7 Å². The summed E-state index contributed by atoms with van der Waals surface area (Å²) in [7, 11) is 0. The number of thioether (sulfide) groups is 1. The second-order valence-corrected chi connectivity index (χ2v) is 5.00. The number of rotatable bonds is 4. The first-order valence-corrected chi connectivity index (χ1v) is 7.01. The molecule has 6 heteroatoms. The Morgan fingerprint density at radius 2 is 1.76 bits per heavy atom. The van der Waals surface area contributed by atoms with Gasteiger partial charge in [-0.05, 0) is 23.3 Å². The third kappa shape index (κ3) is 6.55. The van der Waals surface area contributed by atoms with E-state index in [1.54, 1.807) is 12.1 Å². The van der Waals surface area contributed by atoms with Crippen LogP contribution in [-0.4, -0.2) is 11.4 Å². The first kappa shape index (κ1) is 17.4. The van der Waals surface area contributed by atoms with Crippen LogP contribution >= 0.6 is 28.7 Å². The van der Waals surface area contributed by atoms with Crippen LogP contribution in [0.15, 0.2) is 64.8 Å². The van der Waals surface area contributed by atoms with Crippen LogP contribution in [0.25, 0.3) is 0 Å². The van der Waals surface area contributed by atoms with Gasteiger partial charge in [-0.25, -0.2) is 4.39 Å². The van der Waals surface area contributed by atoms with Crippen LogP contribution in [0.4, 0.5) is 4.39 Å². The quantitative estimate of drug-likeness (QED) is 0.504. The van der Waals surface area contributed by atoms with E-state index >= 15 is 0 Å². The van der Waals surface area contributed by atoms with Crippen LogP contribution in [-0.2, 0) is 5.75 Å². The lowest BCUT2D eigenvalue weighted by molar-refractivity contribution is 0.628. The Kier molecular flexibility index (Phi) is 7.71. The predicted octanol–water partition coefficient (Wildman–Crippen LogP) is 3.99. The number of halogens is 2. The molecule has 0 aromatic heterocycles. The van der Waals surface area contributed by atoms with Gasteiger partial charge in [0.15, 0.2) is 5.17 Å². The normalized spacial score (nSPS) is 11.4. The molecule has 0 atom stereocenters. The summed E-state index contributed by atoms with van der Waals surface area (Å²) in [6.45, 7) is 0. The molecule has 0 spiro atoms. The summed E-state index contributed by atoms with van der Waals surface area (Å²) in [5.74, 6) is 0.478. The van der Waals surface area contributed by atoms with Gasteiger partial charge in [0.2, 0.25) is 0 Å². The number of hydrogen-bond donors (Lipinski definition) is 1. The van der Waals surface area contributed by atoms with Gasteiger partial charge in [0.1, 0.15) is 5.82 Å². The van der Waals surface area contributed by atoms with Crippen molar-refractivity contribution in [1.29, 1.82) is 0 Å². The molecule has 0 saturated heterocycles. The van der Waals surface area contributed by atoms with Gasteiger partial charge in [-0.2, -0.15) is 5.10 Å². The third-order valence-electron chi connectivity index (χ3n) is 2.46. The third-order valence-corrected chi connectivity index (χ3v) is 3.32. The van der Waals surface area contributed by atoms with Gasteiger partial charge in [-0.3, -0.25) is 0 Å². The molecule has 0 saturated carbocycles. The standard InChI is InChI=1S/C15H14FN3S.BrH/c16-14-8-6-12(7-9-14)10-18-19-15(17)20-11-13-4-2-1-3-5-13;/h1-10H,11H2,(H2,17,19);1H/b18-10+;. The van der Waals surface area contributed by atoms with Crippen LogP contribution in [0.2, 0.25) is 0 Å². The van der Waals surface area contributed by atoms with Gasteiger partial charge in [-0.15, -0.1) is 22.1 Å². The Hall–Kier alpha value is -1.66. The summed E-state index contributed by atoms with van der Waals surface area (Å²) in [5.41, 5.74) is 7.70. The molecule has 0 aliphatic carbocycles. The number of nitrogens with zero attached hydrogens (tertiary/aromatic N) is 2. The zero-order chi connectivity index (χ0) is 14.2. The summed E-state index contributed by atoms with van der Waals surface area (Å²) in [4.78, 5) is 0. The second kappa shape index (κ2) is 9.31. The van der Waals surface area contributed by atoms with Gasteiger partial charge in [0, 0.05) is 5.75 Å². The molecular weight excluding hydrogens is 353 g/mol. The fourth-order valence-electron chi connectivity index (χ4n) is 1.46. The molecular formula is C15H15BrFN3S. The Morgan fingerprint density at radius 3 is 2.43 bits per heavy atom. The monoisotopic (exact) mass is 367 g/mol. The Morgan fingerprint density at radius 1 is 1.10 bits per heavy atom. The van der Waals surface area contributed by atoms with Gasteiger partial charge >= 0.3 is 0 Å². The van der Waals surface area contributed by atoms with Crippen molar-refractivity contribution in [3.05, 3.63) is 71.5 Å². The summed E-state index contributed by atoms with van der Waals surface area (Å²) >= 11 is 1.42. The molecule has 0 aliphatic rings. The maximum Gasteiger partial charge on any atom is 0.180 e. The van der Waals surface area contributed by atoms with E-state index in [9.17, 15) is 4.39 Å². The number of nitrogens with two attached hydrogens (primary N) is 1. The highest BCUT2D eigenvalue weighted by molar-refractivity contribution is 8.93. The van der Waals surface area contributed by atoms with E-state index in [0.29, 0.717) is 5.17 Å². The van der Waals surface area contributed by atoms with Crippen molar-refractivity contribution in [2.24, 2.45) is 15.9 Å². The average molecular weight is 368 g/mol. The molecule has 0 amide bonds. The van der Waals surface area contributed by atoms with Crippen molar-refractivity contribution < 1.29 is 4.39 Å². The molecule has 0 bridgehead atoms. The minimum absolute atomic E-state index is 0. The molecule has 0 radical (unpaired) electrons. The van der Waals surface area contributed by atoms with Gasteiger partial charge in [0.25, 0.3) is 0 Å². The molecule has 0 heterocycles. The SMILES string of the molecule is Br.N/C(=N/N=C/c1ccc(F)cc1)SCc1ccccc1. The van der Waals surface area contributed by atoms with E-state index < -0.39 is 0 Å². The lowest BCUT2D eigenvalue weighted by Crippen LogP contribution is -2.05. The van der Waals surface area contributed by atoms with E-state index in [0.717, 1.165) is 11.3 Å². The van der Waals surface area contributed by atoms with E-state index in [-0.39, 0.29) is 22.8 Å². The first-order valence-electron chi connectivity index (χ1n) is 6.03. The Bertz CT molecular complexity index is 600. The number of benzene rings is 2. The van der Waals surface area contributed by atoms with E-state index in [2.05, 4.69) is 10.2 Å². The maximum atomic E-state index is 12.7. The highest BCUT2D eigenvalue weighted by Crippen LogP contribution is 2.11. The fourth-order valence-corrected chi connectivity index (χ4v) is 2.07. The minimum Gasteiger partial charge on any atom is -0.377 e. The summed E-state index contributed by atoms with van der Waals surface area (Å²) in [5, 5.41) is 8.16. The van der Waals surface area contributed by atoms with Crippen molar-refractivity contribution in [2.75, 3.05) is 0 Å². The fraction of sp³-hybridized carbons (Fsp3) is 0.0667. The number of amidine groups is 1. The van der Waals surface area contributed by atoms with E-state index in [4.69, 9.17) is 5.73 Å². The van der Waals surface area contributed by atoms with Crippen molar-refractivity contribution in [3.63, 3.8) is 0 Å². The van der Waals surface area contributed by atoms with E-state index in [1.807, 2.05) is 30.3 Å². The Balaban J connectivity index is 0.00000220. The van der Waals surface area contributed by atoms with Crippen molar-refractivity contribution in [3.8, 4) is 0 Å². The highest BCUT2D eigenvalue weighted by Gasteiger charge is 1.95. The number of hydrogen-bond acceptors (Lipinski definition) is 3. The molecule has 2 aromatic carbocycles. The van der Waals surface area contributed by atoms with Crippen LogP contribution < -0.4 is 5.73 Å². The molecule has 21 heavy (non-hydrogen) atoms. The molecule has 110 valence electrons. The lowest BCUT2D eigenvalue weighted by atomic mass is 10.2. The van der Waals surface area contributed by atoms with Crippen LogP contribution in [0.3, 0.4) is 0 Å². The molecule has 2 rings (SSSR count). The first-order chi connectivity index (χ1) is 9.74. The van der Waals surface area contributed by atoms with Gasteiger partial charge in [-0.1, -0.05) is 54.2 Å². The zero-order valence-electron chi connectivity index (χ0n) is 11.1. The smallest absolute Gasteiger partial charge is 0.180 e. The molecule has 0 fully saturated rings. The topological polar surface area (TPSA) is 50.7 Å². The zero-order valence-corrected chi connectivity index (χ0v) is 13.7. The highest BCUT2D eigenvalue weighted by atomic mass is 79.9. The Labute approximate surface area is 137 Å². The molecule has 0 aliphatic heterocycles. The van der Waals surface area contributed by atoms with Gasteiger partial charge in [0.05, 0.1) is 6.21 Å². The lowest BCUT2D eigenvalue weighted by Gasteiger charge is -1.99. The molecule has 2 N–H and O–H groups in total.